The van der Waals surface area contributed by atoms with Gasteiger partial charge in [-0.3, -0.25) is 9.79 Å². The number of ketones is 1. The third-order valence-corrected chi connectivity index (χ3v) is 5.16. The summed E-state index contributed by atoms with van der Waals surface area (Å²) in [5, 5.41) is 0. The van der Waals surface area contributed by atoms with Gasteiger partial charge in [-0.15, -0.1) is 0 Å². The molecule has 7 heteroatoms. The van der Waals surface area contributed by atoms with Crippen molar-refractivity contribution in [3.8, 4) is 5.75 Å². The molecule has 0 bridgehead atoms. The number of benzene rings is 1. The molecule has 0 saturated carbocycles. The van der Waals surface area contributed by atoms with Crippen molar-refractivity contribution in [3.05, 3.63) is 54.1 Å². The van der Waals surface area contributed by atoms with E-state index in [0.717, 1.165) is 11.3 Å². The summed E-state index contributed by atoms with van der Waals surface area (Å²) in [5.74, 6) is 0.429. The quantitative estimate of drug-likeness (QED) is 0.487. The Hall–Kier alpha value is -3.09. The lowest BCUT2D eigenvalue weighted by atomic mass is 9.80. The highest BCUT2D eigenvalue weighted by Crippen LogP contribution is 2.43. The molecule has 142 valence electrons. The second-order valence-corrected chi connectivity index (χ2v) is 6.79. The summed E-state index contributed by atoms with van der Waals surface area (Å²) in [6.45, 7) is 0. The van der Waals surface area contributed by atoms with Gasteiger partial charge in [-0.1, -0.05) is 12.1 Å². The third kappa shape index (κ3) is 3.32. The molecule has 27 heavy (non-hydrogen) atoms. The monoisotopic (exact) mass is 369 g/mol. The Kier molecular flexibility index (Phi) is 4.78. The van der Waals surface area contributed by atoms with Gasteiger partial charge in [0.25, 0.3) is 0 Å². The minimum atomic E-state index is -1.05. The van der Waals surface area contributed by atoms with Crippen LogP contribution in [0.25, 0.3) is 0 Å². The Morgan fingerprint density at radius 3 is 2.44 bits per heavy atom. The first-order valence-corrected chi connectivity index (χ1v) is 8.59. The standard InChI is InChI=1S/C20H23N3O4/c1-22-18(21)23(2)20(12-14-4-6-16(26-3)7-5-14)13-19(27-17(20)25)10-8-15(24)9-11-19/h4-11H,12-13H2,1-3H3,(H2,21,22). The van der Waals surface area contributed by atoms with E-state index in [1.807, 2.05) is 24.3 Å². The zero-order valence-corrected chi connectivity index (χ0v) is 15.6. The van der Waals surface area contributed by atoms with Crippen molar-refractivity contribution in [3.63, 3.8) is 0 Å². The average Bonchev–Trinajstić information content (AvgIpc) is 2.96. The summed E-state index contributed by atoms with van der Waals surface area (Å²) in [4.78, 5) is 30.3. The number of carbonyl (C=O) groups is 2. The van der Waals surface area contributed by atoms with Gasteiger partial charge in [0.2, 0.25) is 0 Å². The van der Waals surface area contributed by atoms with Gasteiger partial charge < -0.3 is 20.1 Å². The Bertz CT molecular complexity index is 825. The first-order chi connectivity index (χ1) is 12.8. The smallest absolute Gasteiger partial charge is 0.333 e. The Labute approximate surface area is 158 Å². The van der Waals surface area contributed by atoms with Crippen molar-refractivity contribution < 1.29 is 19.1 Å². The van der Waals surface area contributed by atoms with Gasteiger partial charge in [0, 0.05) is 26.9 Å². The number of hydrogen-bond acceptors (Lipinski definition) is 5. The number of methoxy groups -OCH3 is 1. The molecule has 1 heterocycles. The fourth-order valence-electron chi connectivity index (χ4n) is 3.54. The van der Waals surface area contributed by atoms with Crippen LogP contribution in [0, 0.1) is 0 Å². The van der Waals surface area contributed by atoms with Crippen molar-refractivity contribution in [1.29, 1.82) is 0 Å². The van der Waals surface area contributed by atoms with Crippen molar-refractivity contribution in [1.82, 2.24) is 4.90 Å². The molecule has 0 amide bonds. The molecule has 1 aliphatic heterocycles. The molecule has 1 unspecified atom stereocenters. The van der Waals surface area contributed by atoms with E-state index in [-0.39, 0.29) is 11.7 Å². The first kappa shape index (κ1) is 18.7. The number of guanidine groups is 1. The Balaban J connectivity index is 2.00. The van der Waals surface area contributed by atoms with Crippen LogP contribution >= 0.6 is 0 Å². The van der Waals surface area contributed by atoms with Gasteiger partial charge in [-0.2, -0.15) is 0 Å². The van der Waals surface area contributed by atoms with Crippen LogP contribution in [0.3, 0.4) is 0 Å². The van der Waals surface area contributed by atoms with Crippen LogP contribution in [0.1, 0.15) is 12.0 Å². The number of nitrogens with zero attached hydrogens (tertiary/aromatic N) is 2. The predicted molar refractivity (Wildman–Crippen MR) is 101 cm³/mol. The zero-order valence-electron chi connectivity index (χ0n) is 15.6. The van der Waals surface area contributed by atoms with Crippen LogP contribution in [0.4, 0.5) is 0 Å². The van der Waals surface area contributed by atoms with Gasteiger partial charge in [0.1, 0.15) is 11.3 Å². The minimum absolute atomic E-state index is 0.132. The Morgan fingerprint density at radius 1 is 1.26 bits per heavy atom. The highest BCUT2D eigenvalue weighted by molar-refractivity contribution is 6.01. The number of aliphatic imine (C=N–C) groups is 1. The number of likely N-dealkylation sites (N-methyl/N-ethyl adjacent to an activating group) is 1. The molecule has 3 rings (SSSR count). The number of rotatable bonds is 4. The van der Waals surface area contributed by atoms with Gasteiger partial charge in [0.15, 0.2) is 17.3 Å². The fourth-order valence-corrected chi connectivity index (χ4v) is 3.54. The van der Waals surface area contributed by atoms with E-state index in [9.17, 15) is 9.59 Å². The number of esters is 1. The van der Waals surface area contributed by atoms with Gasteiger partial charge in [-0.25, -0.2) is 4.79 Å². The number of ether oxygens (including phenoxy) is 2. The summed E-state index contributed by atoms with van der Waals surface area (Å²) in [7, 11) is 4.90. The summed E-state index contributed by atoms with van der Waals surface area (Å²) < 4.78 is 10.9. The van der Waals surface area contributed by atoms with Crippen LogP contribution < -0.4 is 10.5 Å². The first-order valence-electron chi connectivity index (χ1n) is 8.59. The van der Waals surface area contributed by atoms with Crippen LogP contribution in [-0.4, -0.2) is 55.0 Å². The van der Waals surface area contributed by atoms with Crippen molar-refractivity contribution in [2.24, 2.45) is 10.7 Å². The number of hydrogen-bond donors (Lipinski definition) is 1. The molecule has 1 spiro atoms. The summed E-state index contributed by atoms with van der Waals surface area (Å²) in [6.07, 6.45) is 6.81. The van der Waals surface area contributed by atoms with E-state index in [1.165, 1.54) is 12.2 Å². The second-order valence-electron chi connectivity index (χ2n) is 6.79. The molecule has 1 aliphatic carbocycles. The topological polar surface area (TPSA) is 94.2 Å². The van der Waals surface area contributed by atoms with E-state index >= 15 is 0 Å². The van der Waals surface area contributed by atoms with Crippen LogP contribution in [-0.2, 0) is 20.7 Å². The molecule has 1 aromatic carbocycles. The van der Waals surface area contributed by atoms with E-state index in [2.05, 4.69) is 4.99 Å². The van der Waals surface area contributed by atoms with Crippen LogP contribution in [0.15, 0.2) is 53.6 Å². The van der Waals surface area contributed by atoms with E-state index in [1.54, 1.807) is 38.3 Å². The number of carbonyl (C=O) groups excluding carboxylic acids is 2. The molecule has 1 fully saturated rings. The largest absolute Gasteiger partial charge is 0.497 e. The maximum atomic E-state index is 13.1. The Morgan fingerprint density at radius 2 is 1.89 bits per heavy atom. The van der Waals surface area contributed by atoms with E-state index < -0.39 is 17.1 Å². The molecular formula is C20H23N3O4. The van der Waals surface area contributed by atoms with Gasteiger partial charge in [0.05, 0.1) is 7.11 Å². The third-order valence-electron chi connectivity index (χ3n) is 5.16. The lowest BCUT2D eigenvalue weighted by molar-refractivity contribution is -0.149. The maximum Gasteiger partial charge on any atom is 0.333 e. The van der Waals surface area contributed by atoms with Gasteiger partial charge >= 0.3 is 5.97 Å². The molecule has 1 atom stereocenters. The minimum Gasteiger partial charge on any atom is -0.497 e. The van der Waals surface area contributed by atoms with E-state index in [0.29, 0.717) is 12.8 Å². The molecule has 1 aromatic rings. The number of allylic oxidation sites excluding steroid dienone is 2. The van der Waals surface area contributed by atoms with Gasteiger partial charge in [-0.05, 0) is 42.0 Å². The summed E-state index contributed by atoms with van der Waals surface area (Å²) in [5.41, 5.74) is 4.97. The average molecular weight is 369 g/mol. The molecule has 2 aliphatic rings. The summed E-state index contributed by atoms with van der Waals surface area (Å²) >= 11 is 0. The fraction of sp³-hybridized carbons (Fsp3) is 0.350. The van der Waals surface area contributed by atoms with Crippen molar-refractivity contribution in [2.75, 3.05) is 21.2 Å². The van der Waals surface area contributed by atoms with Crippen LogP contribution in [0.2, 0.25) is 0 Å². The molecule has 1 saturated heterocycles. The molecule has 7 nitrogen and oxygen atoms in total. The number of nitrogens with two attached hydrogens (primary N) is 1. The highest BCUT2D eigenvalue weighted by atomic mass is 16.6. The lowest BCUT2D eigenvalue weighted by Gasteiger charge is -2.36. The SMILES string of the molecule is CN=C(N)N(C)C1(Cc2ccc(OC)cc2)CC2(C=CC(=O)C=C2)OC1=O. The molecule has 2 N–H and O–H groups in total. The van der Waals surface area contributed by atoms with Crippen molar-refractivity contribution in [2.45, 2.75) is 24.0 Å². The summed E-state index contributed by atoms with van der Waals surface area (Å²) in [6, 6.07) is 7.50. The normalized spacial score (nSPS) is 23.6. The van der Waals surface area contributed by atoms with Crippen molar-refractivity contribution >= 4 is 17.7 Å². The lowest BCUT2D eigenvalue weighted by Crippen LogP contribution is -2.57. The second kappa shape index (κ2) is 6.90. The zero-order chi connectivity index (χ0) is 19.7. The molecular weight excluding hydrogens is 346 g/mol. The molecule has 0 radical (unpaired) electrons. The van der Waals surface area contributed by atoms with Crippen LogP contribution in [0.5, 0.6) is 5.75 Å². The maximum absolute atomic E-state index is 13.1. The predicted octanol–water partition coefficient (Wildman–Crippen LogP) is 1.23. The molecule has 0 aromatic heterocycles. The van der Waals surface area contributed by atoms with E-state index in [4.69, 9.17) is 15.2 Å². The highest BCUT2D eigenvalue weighted by Gasteiger charge is 2.58.